The van der Waals surface area contributed by atoms with Gasteiger partial charge in [0, 0.05) is 18.8 Å². The van der Waals surface area contributed by atoms with Crippen LogP contribution >= 0.6 is 0 Å². The lowest BCUT2D eigenvalue weighted by Crippen LogP contribution is -2.06. The van der Waals surface area contributed by atoms with Gasteiger partial charge in [-0.1, -0.05) is 13.0 Å². The van der Waals surface area contributed by atoms with Gasteiger partial charge in [0.25, 0.3) is 0 Å². The van der Waals surface area contributed by atoms with Crippen molar-refractivity contribution in [2.45, 2.75) is 26.7 Å². The molecule has 0 saturated heterocycles. The van der Waals surface area contributed by atoms with Gasteiger partial charge in [0.05, 0.1) is 11.1 Å². The molecule has 0 aliphatic carbocycles. The van der Waals surface area contributed by atoms with E-state index in [0.29, 0.717) is 0 Å². The Bertz CT molecular complexity index is 574. The average molecular weight is 290 g/mol. The lowest BCUT2D eigenvalue weighted by Gasteiger charge is -2.03. The van der Waals surface area contributed by atoms with Gasteiger partial charge in [0.2, 0.25) is 0 Å². The highest BCUT2D eigenvalue weighted by atomic mass is 16.4. The Morgan fingerprint density at radius 1 is 1.19 bits per heavy atom. The normalized spacial score (nSPS) is 9.62. The van der Waals surface area contributed by atoms with Crippen molar-refractivity contribution in [1.29, 1.82) is 0 Å². The predicted molar refractivity (Wildman–Crippen MR) is 77.7 cm³/mol. The van der Waals surface area contributed by atoms with Crippen molar-refractivity contribution in [3.05, 3.63) is 53.1 Å². The standard InChI is InChI=1S/C9H8O4.C6H10N2/c1-5-6(8(10)11)3-2-4-7(5)9(12)13;1-2-3-6-7-4-5-8-6/h2-4H,1H3,(H,10,11)(H,12,13);4-5H,2-3H2,1H3,(H,7,8). The van der Waals surface area contributed by atoms with E-state index in [1.54, 1.807) is 6.20 Å². The summed E-state index contributed by atoms with van der Waals surface area (Å²) in [6.07, 6.45) is 5.86. The van der Waals surface area contributed by atoms with Crippen molar-refractivity contribution < 1.29 is 19.8 Å². The molecule has 6 heteroatoms. The number of benzene rings is 1. The minimum atomic E-state index is -1.11. The van der Waals surface area contributed by atoms with Gasteiger partial charge < -0.3 is 15.2 Å². The summed E-state index contributed by atoms with van der Waals surface area (Å²) in [5.41, 5.74) is 0.335. The number of nitrogens with zero attached hydrogens (tertiary/aromatic N) is 1. The first-order valence-corrected chi connectivity index (χ1v) is 6.51. The number of aromatic carboxylic acids is 2. The van der Waals surface area contributed by atoms with Gasteiger partial charge in [0.1, 0.15) is 5.82 Å². The molecule has 6 nitrogen and oxygen atoms in total. The second-order valence-electron chi connectivity index (χ2n) is 4.37. The second-order valence-corrected chi connectivity index (χ2v) is 4.37. The molecule has 0 bridgehead atoms. The number of H-pyrrole nitrogens is 1. The summed E-state index contributed by atoms with van der Waals surface area (Å²) in [5.74, 6) is -1.13. The third-order valence-corrected chi connectivity index (χ3v) is 2.84. The summed E-state index contributed by atoms with van der Waals surface area (Å²) in [7, 11) is 0. The van der Waals surface area contributed by atoms with Crippen LogP contribution in [0.15, 0.2) is 30.6 Å². The van der Waals surface area contributed by atoms with E-state index in [4.69, 9.17) is 10.2 Å². The lowest BCUT2D eigenvalue weighted by molar-refractivity contribution is 0.0696. The Balaban J connectivity index is 0.000000235. The summed E-state index contributed by atoms with van der Waals surface area (Å²) >= 11 is 0. The fourth-order valence-corrected chi connectivity index (χ4v) is 1.77. The monoisotopic (exact) mass is 290 g/mol. The topological polar surface area (TPSA) is 103 Å². The van der Waals surface area contributed by atoms with Gasteiger partial charge in [-0.25, -0.2) is 14.6 Å². The Labute approximate surface area is 122 Å². The van der Waals surface area contributed by atoms with Crippen LogP contribution in [-0.2, 0) is 6.42 Å². The number of aryl methyl sites for hydroxylation is 1. The van der Waals surface area contributed by atoms with E-state index in [-0.39, 0.29) is 16.7 Å². The Morgan fingerprint density at radius 3 is 2.14 bits per heavy atom. The Hall–Kier alpha value is -2.63. The summed E-state index contributed by atoms with van der Waals surface area (Å²) in [6, 6.07) is 4.17. The van der Waals surface area contributed by atoms with Crippen molar-refractivity contribution in [2.75, 3.05) is 0 Å². The number of imidazole rings is 1. The van der Waals surface area contributed by atoms with E-state index in [0.717, 1.165) is 18.7 Å². The van der Waals surface area contributed by atoms with Gasteiger partial charge in [0.15, 0.2) is 0 Å². The molecule has 0 amide bonds. The molecular weight excluding hydrogens is 272 g/mol. The number of aromatic amines is 1. The lowest BCUT2D eigenvalue weighted by atomic mass is 10.0. The highest BCUT2D eigenvalue weighted by Crippen LogP contribution is 2.13. The van der Waals surface area contributed by atoms with Crippen LogP contribution in [0.5, 0.6) is 0 Å². The second kappa shape index (κ2) is 7.84. The number of hydrogen-bond acceptors (Lipinski definition) is 3. The average Bonchev–Trinajstić information content (AvgIpc) is 2.92. The van der Waals surface area contributed by atoms with Crippen molar-refractivity contribution in [1.82, 2.24) is 9.97 Å². The van der Waals surface area contributed by atoms with E-state index < -0.39 is 11.9 Å². The van der Waals surface area contributed by atoms with E-state index in [1.165, 1.54) is 25.1 Å². The van der Waals surface area contributed by atoms with Crippen LogP contribution in [0.4, 0.5) is 0 Å². The van der Waals surface area contributed by atoms with E-state index in [9.17, 15) is 9.59 Å². The molecule has 0 aliphatic rings. The third kappa shape index (κ3) is 4.76. The molecule has 3 N–H and O–H groups in total. The molecule has 0 atom stereocenters. The molecule has 0 aliphatic heterocycles. The first-order valence-electron chi connectivity index (χ1n) is 6.51. The number of carbonyl (C=O) groups is 2. The van der Waals surface area contributed by atoms with Crippen LogP contribution < -0.4 is 0 Å². The molecule has 2 rings (SSSR count). The van der Waals surface area contributed by atoms with Crippen LogP contribution in [0.3, 0.4) is 0 Å². The number of hydrogen-bond donors (Lipinski definition) is 3. The predicted octanol–water partition coefficient (Wildman–Crippen LogP) is 2.75. The van der Waals surface area contributed by atoms with Crippen molar-refractivity contribution in [3.63, 3.8) is 0 Å². The SMILES string of the molecule is CCCc1ncc[nH]1.Cc1c(C(=O)O)cccc1C(=O)O. The molecule has 1 heterocycles. The summed E-state index contributed by atoms with van der Waals surface area (Å²) in [4.78, 5) is 28.3. The van der Waals surface area contributed by atoms with Gasteiger partial charge >= 0.3 is 11.9 Å². The maximum absolute atomic E-state index is 10.6. The van der Waals surface area contributed by atoms with Crippen molar-refractivity contribution >= 4 is 11.9 Å². The minimum absolute atomic E-state index is 0.0277. The quantitative estimate of drug-likeness (QED) is 0.803. The molecule has 0 spiro atoms. The van der Waals surface area contributed by atoms with E-state index in [1.807, 2.05) is 6.20 Å². The van der Waals surface area contributed by atoms with Gasteiger partial charge in [-0.15, -0.1) is 0 Å². The summed E-state index contributed by atoms with van der Waals surface area (Å²) < 4.78 is 0. The zero-order valence-electron chi connectivity index (χ0n) is 12.0. The first kappa shape index (κ1) is 16.4. The zero-order chi connectivity index (χ0) is 15.8. The van der Waals surface area contributed by atoms with E-state index >= 15 is 0 Å². The maximum Gasteiger partial charge on any atom is 0.335 e. The number of carboxylic acids is 2. The summed E-state index contributed by atoms with van der Waals surface area (Å²) in [5, 5.41) is 17.4. The molecule has 1 aromatic heterocycles. The molecule has 21 heavy (non-hydrogen) atoms. The molecule has 2 aromatic rings. The molecular formula is C15H18N2O4. The molecule has 0 radical (unpaired) electrons. The molecule has 0 unspecified atom stereocenters. The van der Waals surface area contributed by atoms with Gasteiger partial charge in [-0.3, -0.25) is 0 Å². The fraction of sp³-hybridized carbons (Fsp3) is 0.267. The number of nitrogens with one attached hydrogen (secondary N) is 1. The first-order chi connectivity index (χ1) is 9.97. The van der Waals surface area contributed by atoms with Crippen LogP contribution in [0, 0.1) is 6.92 Å². The highest BCUT2D eigenvalue weighted by molar-refractivity contribution is 5.96. The fourth-order valence-electron chi connectivity index (χ4n) is 1.77. The van der Waals surface area contributed by atoms with Crippen LogP contribution in [-0.4, -0.2) is 32.1 Å². The van der Waals surface area contributed by atoms with Gasteiger partial charge in [-0.2, -0.15) is 0 Å². The molecule has 112 valence electrons. The van der Waals surface area contributed by atoms with Gasteiger partial charge in [-0.05, 0) is 31.0 Å². The molecule has 0 fully saturated rings. The van der Waals surface area contributed by atoms with Crippen molar-refractivity contribution in [2.24, 2.45) is 0 Å². The third-order valence-electron chi connectivity index (χ3n) is 2.84. The van der Waals surface area contributed by atoms with Crippen LogP contribution in [0.25, 0.3) is 0 Å². The number of aromatic nitrogens is 2. The Morgan fingerprint density at radius 2 is 1.76 bits per heavy atom. The number of carboxylic acid groups (broad SMARTS) is 2. The Kier molecular flexibility index (Phi) is 6.13. The van der Waals surface area contributed by atoms with Crippen molar-refractivity contribution in [3.8, 4) is 0 Å². The molecule has 0 saturated carbocycles. The minimum Gasteiger partial charge on any atom is -0.478 e. The largest absolute Gasteiger partial charge is 0.478 e. The summed E-state index contributed by atoms with van der Waals surface area (Å²) in [6.45, 7) is 3.62. The maximum atomic E-state index is 10.6. The van der Waals surface area contributed by atoms with Crippen LogP contribution in [0.1, 0.15) is 45.4 Å². The van der Waals surface area contributed by atoms with E-state index in [2.05, 4.69) is 16.9 Å². The van der Waals surface area contributed by atoms with Crippen LogP contribution in [0.2, 0.25) is 0 Å². The highest BCUT2D eigenvalue weighted by Gasteiger charge is 2.13. The number of rotatable bonds is 4. The zero-order valence-corrected chi connectivity index (χ0v) is 12.0. The molecule has 1 aromatic carbocycles. The smallest absolute Gasteiger partial charge is 0.335 e.